The summed E-state index contributed by atoms with van der Waals surface area (Å²) in [5.41, 5.74) is 2.69. The predicted octanol–water partition coefficient (Wildman–Crippen LogP) is 2.16. The fraction of sp³-hybridized carbons (Fsp3) is 0.812. The molecule has 0 spiro atoms. The van der Waals surface area contributed by atoms with Crippen LogP contribution in [0.15, 0.2) is 6.33 Å². The van der Waals surface area contributed by atoms with Gasteiger partial charge in [0.2, 0.25) is 0 Å². The number of aromatic nitrogens is 2. The van der Waals surface area contributed by atoms with Gasteiger partial charge in [0, 0.05) is 44.9 Å². The first-order chi connectivity index (χ1) is 9.79. The van der Waals surface area contributed by atoms with Crippen molar-refractivity contribution in [3.05, 3.63) is 17.7 Å². The molecule has 1 aromatic heterocycles. The van der Waals surface area contributed by atoms with E-state index in [1.54, 1.807) is 0 Å². The number of rotatable bonds is 6. The highest BCUT2D eigenvalue weighted by Crippen LogP contribution is 2.34. The lowest BCUT2D eigenvalue weighted by Gasteiger charge is -2.32. The molecule has 0 saturated heterocycles. The summed E-state index contributed by atoms with van der Waals surface area (Å²) in [5.74, 6) is 2.31. The molecule has 4 heteroatoms. The molecule has 110 valence electrons. The van der Waals surface area contributed by atoms with E-state index < -0.39 is 0 Å². The molecule has 0 unspecified atom stereocenters. The molecule has 1 aliphatic heterocycles. The van der Waals surface area contributed by atoms with Crippen LogP contribution in [0.2, 0.25) is 0 Å². The molecule has 0 radical (unpaired) electrons. The summed E-state index contributed by atoms with van der Waals surface area (Å²) in [6.07, 6.45) is 7.56. The van der Waals surface area contributed by atoms with E-state index in [0.717, 1.165) is 38.1 Å². The molecule has 2 fully saturated rings. The van der Waals surface area contributed by atoms with E-state index in [4.69, 9.17) is 4.74 Å². The second kappa shape index (κ2) is 5.15. The molecule has 1 atom stereocenters. The zero-order chi connectivity index (χ0) is 13.5. The number of hydrogen-bond acceptors (Lipinski definition) is 3. The molecule has 2 aliphatic carbocycles. The number of hydrogen-bond donors (Lipinski definition) is 0. The zero-order valence-corrected chi connectivity index (χ0v) is 12.4. The van der Waals surface area contributed by atoms with Crippen LogP contribution in [0.5, 0.6) is 0 Å². The van der Waals surface area contributed by atoms with E-state index >= 15 is 0 Å². The van der Waals surface area contributed by atoms with Crippen molar-refractivity contribution in [2.75, 3.05) is 26.3 Å². The van der Waals surface area contributed by atoms with Gasteiger partial charge in [-0.1, -0.05) is 0 Å². The van der Waals surface area contributed by atoms with Crippen LogP contribution in [0.1, 0.15) is 43.0 Å². The van der Waals surface area contributed by atoms with Crippen molar-refractivity contribution >= 4 is 0 Å². The summed E-state index contributed by atoms with van der Waals surface area (Å²) < 4.78 is 8.18. The minimum absolute atomic E-state index is 0.503. The minimum atomic E-state index is 0.503. The normalized spacial score (nSPS) is 26.8. The summed E-state index contributed by atoms with van der Waals surface area (Å²) in [6, 6.07) is 0. The third-order valence-corrected chi connectivity index (χ3v) is 4.88. The van der Waals surface area contributed by atoms with Crippen molar-refractivity contribution in [3.8, 4) is 0 Å². The average Bonchev–Trinajstić information content (AvgIpc) is 3.33. The van der Waals surface area contributed by atoms with Crippen LogP contribution >= 0.6 is 0 Å². The van der Waals surface area contributed by atoms with Crippen molar-refractivity contribution in [1.29, 1.82) is 0 Å². The first-order valence-corrected chi connectivity index (χ1v) is 8.10. The molecular weight excluding hydrogens is 250 g/mol. The highest BCUT2D eigenvalue weighted by atomic mass is 16.5. The second-order valence-corrected chi connectivity index (χ2v) is 7.00. The molecule has 4 rings (SSSR count). The van der Waals surface area contributed by atoms with Gasteiger partial charge in [-0.05, 0) is 37.5 Å². The van der Waals surface area contributed by atoms with E-state index in [9.17, 15) is 0 Å². The molecule has 0 N–H and O–H groups in total. The number of ether oxygens (including phenoxy) is 1. The summed E-state index contributed by atoms with van der Waals surface area (Å²) >= 11 is 0. The van der Waals surface area contributed by atoms with Crippen LogP contribution < -0.4 is 0 Å². The standard InChI is InChI=1S/C16H25N3O/c1-18-11-17-15-8-19(6-12-2-3-12)7-14(16(15)18)10-20-9-13-4-5-13/h11-14H,2-10H2,1H3/t14-/m1/s1. The molecule has 1 aromatic rings. The average molecular weight is 275 g/mol. The molecule has 3 aliphatic rings. The van der Waals surface area contributed by atoms with Gasteiger partial charge in [-0.15, -0.1) is 0 Å². The van der Waals surface area contributed by atoms with Gasteiger partial charge in [0.1, 0.15) is 0 Å². The molecule has 0 aromatic carbocycles. The van der Waals surface area contributed by atoms with E-state index in [-0.39, 0.29) is 0 Å². The summed E-state index contributed by atoms with van der Waals surface area (Å²) in [7, 11) is 2.12. The molecule has 20 heavy (non-hydrogen) atoms. The summed E-state index contributed by atoms with van der Waals surface area (Å²) in [6.45, 7) is 5.27. The van der Waals surface area contributed by atoms with E-state index in [1.807, 2.05) is 6.33 Å². The Morgan fingerprint density at radius 1 is 1.20 bits per heavy atom. The molecule has 4 nitrogen and oxygen atoms in total. The maximum absolute atomic E-state index is 5.98. The lowest BCUT2D eigenvalue weighted by atomic mass is 9.98. The zero-order valence-electron chi connectivity index (χ0n) is 12.4. The van der Waals surface area contributed by atoms with E-state index in [0.29, 0.717) is 5.92 Å². The largest absolute Gasteiger partial charge is 0.380 e. The quantitative estimate of drug-likeness (QED) is 0.797. The SMILES string of the molecule is Cn1cnc2c1[C@@H](COCC1CC1)CN(CC1CC1)C2. The second-order valence-electron chi connectivity index (χ2n) is 7.00. The number of fused-ring (bicyclic) bond motifs is 1. The Morgan fingerprint density at radius 2 is 2.00 bits per heavy atom. The van der Waals surface area contributed by atoms with Gasteiger partial charge in [0.25, 0.3) is 0 Å². The van der Waals surface area contributed by atoms with E-state index in [1.165, 1.54) is 43.6 Å². The van der Waals surface area contributed by atoms with E-state index in [2.05, 4.69) is 21.5 Å². The smallest absolute Gasteiger partial charge is 0.0949 e. The number of imidazole rings is 1. The fourth-order valence-corrected chi connectivity index (χ4v) is 3.41. The van der Waals surface area contributed by atoms with Gasteiger partial charge >= 0.3 is 0 Å². The van der Waals surface area contributed by atoms with Crippen molar-refractivity contribution < 1.29 is 4.74 Å². The molecule has 2 saturated carbocycles. The highest BCUT2D eigenvalue weighted by Gasteiger charge is 2.33. The Balaban J connectivity index is 1.43. The first-order valence-electron chi connectivity index (χ1n) is 8.10. The van der Waals surface area contributed by atoms with Gasteiger partial charge in [0.15, 0.2) is 0 Å². The van der Waals surface area contributed by atoms with Crippen LogP contribution in [0.4, 0.5) is 0 Å². The minimum Gasteiger partial charge on any atom is -0.380 e. The highest BCUT2D eigenvalue weighted by molar-refractivity contribution is 5.22. The number of nitrogens with zero attached hydrogens (tertiary/aromatic N) is 3. The Morgan fingerprint density at radius 3 is 2.75 bits per heavy atom. The third-order valence-electron chi connectivity index (χ3n) is 4.88. The van der Waals surface area contributed by atoms with Gasteiger partial charge in [-0.2, -0.15) is 0 Å². The van der Waals surface area contributed by atoms with Gasteiger partial charge in [0.05, 0.1) is 18.6 Å². The first kappa shape index (κ1) is 12.8. The van der Waals surface area contributed by atoms with Crippen LogP contribution in [-0.4, -0.2) is 40.8 Å². The van der Waals surface area contributed by atoms with Crippen molar-refractivity contribution in [2.24, 2.45) is 18.9 Å². The van der Waals surface area contributed by atoms with Gasteiger partial charge in [-0.3, -0.25) is 4.90 Å². The van der Waals surface area contributed by atoms with Crippen LogP contribution in [0.3, 0.4) is 0 Å². The van der Waals surface area contributed by atoms with Crippen LogP contribution in [0.25, 0.3) is 0 Å². The topological polar surface area (TPSA) is 30.3 Å². The Hall–Kier alpha value is -0.870. The Labute approximate surface area is 121 Å². The summed E-state index contributed by atoms with van der Waals surface area (Å²) in [5, 5.41) is 0. The molecule has 0 bridgehead atoms. The van der Waals surface area contributed by atoms with Gasteiger partial charge < -0.3 is 9.30 Å². The molecule has 0 amide bonds. The third kappa shape index (κ3) is 2.77. The maximum atomic E-state index is 5.98. The predicted molar refractivity (Wildman–Crippen MR) is 77.5 cm³/mol. The Kier molecular flexibility index (Phi) is 3.31. The fourth-order valence-electron chi connectivity index (χ4n) is 3.41. The Bertz CT molecular complexity index is 476. The maximum Gasteiger partial charge on any atom is 0.0949 e. The number of aryl methyl sites for hydroxylation is 1. The van der Waals surface area contributed by atoms with Crippen LogP contribution in [-0.2, 0) is 18.3 Å². The molecule has 2 heterocycles. The lowest BCUT2D eigenvalue weighted by Crippen LogP contribution is -2.37. The monoisotopic (exact) mass is 275 g/mol. The van der Waals surface area contributed by atoms with Crippen molar-refractivity contribution in [1.82, 2.24) is 14.5 Å². The van der Waals surface area contributed by atoms with Crippen LogP contribution in [0, 0.1) is 11.8 Å². The molecular formula is C16H25N3O. The summed E-state index contributed by atoms with van der Waals surface area (Å²) in [4.78, 5) is 7.20. The lowest BCUT2D eigenvalue weighted by molar-refractivity contribution is 0.0873. The van der Waals surface area contributed by atoms with Gasteiger partial charge in [-0.25, -0.2) is 4.98 Å². The van der Waals surface area contributed by atoms with Crippen molar-refractivity contribution in [2.45, 2.75) is 38.1 Å². The van der Waals surface area contributed by atoms with Crippen molar-refractivity contribution in [3.63, 3.8) is 0 Å².